The van der Waals surface area contributed by atoms with Crippen LogP contribution in [0.5, 0.6) is 0 Å². The van der Waals surface area contributed by atoms with Gasteiger partial charge < -0.3 is 10.1 Å². The zero-order valence-electron chi connectivity index (χ0n) is 12.0. The van der Waals surface area contributed by atoms with Crippen LogP contribution in [0.2, 0.25) is 0 Å². The molecule has 0 aromatic carbocycles. The molecule has 2 rings (SSSR count). The minimum Gasteiger partial charge on any atom is -0.462 e. The quantitative estimate of drug-likeness (QED) is 0.795. The lowest BCUT2D eigenvalue weighted by molar-refractivity contribution is -0.232. The third-order valence-electron chi connectivity index (χ3n) is 4.65. The summed E-state index contributed by atoms with van der Waals surface area (Å²) in [6, 6.07) is 0. The Morgan fingerprint density at radius 1 is 1.20 bits per heavy atom. The number of carbonyl (C=O) groups is 1. The Balaban J connectivity index is 2.00. The van der Waals surface area contributed by atoms with Gasteiger partial charge in [0, 0.05) is 6.54 Å². The maximum absolute atomic E-state index is 13.2. The van der Waals surface area contributed by atoms with Gasteiger partial charge in [-0.05, 0) is 44.1 Å². The van der Waals surface area contributed by atoms with E-state index in [9.17, 15) is 18.0 Å². The van der Waals surface area contributed by atoms with Crippen LogP contribution < -0.4 is 5.32 Å². The molecule has 0 radical (unpaired) electrons. The fraction of sp³-hybridized carbons (Fsp3) is 0.929. The number of nitrogens with one attached hydrogen (secondary N) is 1. The Hall–Kier alpha value is -0.780. The van der Waals surface area contributed by atoms with Crippen LogP contribution in [0.15, 0.2) is 0 Å². The molecular formula is C14H22F3NO2. The lowest BCUT2D eigenvalue weighted by atomic mass is 9.76. The van der Waals surface area contributed by atoms with Crippen molar-refractivity contribution < 1.29 is 22.7 Å². The summed E-state index contributed by atoms with van der Waals surface area (Å²) in [4.78, 5) is 12.1. The maximum Gasteiger partial charge on any atom is 0.406 e. The first-order chi connectivity index (χ1) is 9.16. The molecule has 1 aliphatic heterocycles. The lowest BCUT2D eigenvalue weighted by Gasteiger charge is -2.36. The fourth-order valence-corrected chi connectivity index (χ4v) is 2.98. The molecule has 0 amide bonds. The van der Waals surface area contributed by atoms with Gasteiger partial charge in [-0.1, -0.05) is 13.8 Å². The van der Waals surface area contributed by atoms with E-state index in [4.69, 9.17) is 4.74 Å². The molecule has 3 nitrogen and oxygen atoms in total. The second kappa shape index (κ2) is 5.20. The lowest BCUT2D eigenvalue weighted by Crippen LogP contribution is -2.49. The average Bonchev–Trinajstić information content (AvgIpc) is 2.81. The molecule has 1 atom stereocenters. The van der Waals surface area contributed by atoms with Gasteiger partial charge >= 0.3 is 12.1 Å². The third-order valence-corrected chi connectivity index (χ3v) is 4.65. The van der Waals surface area contributed by atoms with E-state index < -0.39 is 17.6 Å². The van der Waals surface area contributed by atoms with E-state index in [0.29, 0.717) is 12.8 Å². The summed E-state index contributed by atoms with van der Waals surface area (Å²) in [6.07, 6.45) is -2.09. The van der Waals surface area contributed by atoms with Crippen LogP contribution in [-0.2, 0) is 9.53 Å². The van der Waals surface area contributed by atoms with Gasteiger partial charge in [-0.3, -0.25) is 4.79 Å². The average molecular weight is 293 g/mol. The van der Waals surface area contributed by atoms with Gasteiger partial charge in [-0.2, -0.15) is 13.2 Å². The monoisotopic (exact) mass is 293 g/mol. The Kier molecular flexibility index (Phi) is 4.06. The van der Waals surface area contributed by atoms with Gasteiger partial charge in [0.1, 0.15) is 6.10 Å². The smallest absolute Gasteiger partial charge is 0.406 e. The van der Waals surface area contributed by atoms with E-state index in [-0.39, 0.29) is 31.0 Å². The van der Waals surface area contributed by atoms with Crippen molar-refractivity contribution in [3.63, 3.8) is 0 Å². The number of carbonyl (C=O) groups excluding carboxylic acids is 1. The van der Waals surface area contributed by atoms with Crippen molar-refractivity contribution in [1.82, 2.24) is 5.32 Å². The molecule has 0 aromatic rings. The molecule has 0 spiro atoms. The highest BCUT2D eigenvalue weighted by Crippen LogP contribution is 2.45. The molecule has 1 N–H and O–H groups in total. The summed E-state index contributed by atoms with van der Waals surface area (Å²) in [6.45, 7) is 4.09. The molecule has 1 aliphatic carbocycles. The summed E-state index contributed by atoms with van der Waals surface area (Å²) >= 11 is 0. The number of halogens is 3. The van der Waals surface area contributed by atoms with Gasteiger partial charge in [-0.25, -0.2) is 0 Å². The van der Waals surface area contributed by atoms with Crippen molar-refractivity contribution in [1.29, 1.82) is 0 Å². The molecular weight excluding hydrogens is 271 g/mol. The zero-order chi connectivity index (χ0) is 15.0. The van der Waals surface area contributed by atoms with Gasteiger partial charge in [0.25, 0.3) is 0 Å². The fourth-order valence-electron chi connectivity index (χ4n) is 2.98. The number of hydrogen-bond donors (Lipinski definition) is 1. The second-order valence-electron chi connectivity index (χ2n) is 6.78. The van der Waals surface area contributed by atoms with Crippen molar-refractivity contribution in [2.75, 3.05) is 13.1 Å². The largest absolute Gasteiger partial charge is 0.462 e. The number of rotatable bonds is 2. The first kappa shape index (κ1) is 15.6. The summed E-state index contributed by atoms with van der Waals surface area (Å²) in [5.41, 5.74) is -2.15. The first-order valence-corrected chi connectivity index (χ1v) is 7.15. The molecule has 116 valence electrons. The van der Waals surface area contributed by atoms with Crippen LogP contribution in [0.3, 0.4) is 0 Å². The Labute approximate surface area is 117 Å². The molecule has 0 aromatic heterocycles. The van der Waals surface area contributed by atoms with Crippen LogP contribution in [0.1, 0.15) is 46.0 Å². The van der Waals surface area contributed by atoms with Gasteiger partial charge in [0.2, 0.25) is 0 Å². The summed E-state index contributed by atoms with van der Waals surface area (Å²) in [5, 5.41) is 2.63. The Bertz CT molecular complexity index is 363. The van der Waals surface area contributed by atoms with E-state index in [2.05, 4.69) is 19.2 Å². The van der Waals surface area contributed by atoms with E-state index in [0.717, 1.165) is 12.8 Å². The Morgan fingerprint density at radius 2 is 1.80 bits per heavy atom. The predicted octanol–water partition coefficient (Wildman–Crippen LogP) is 3.04. The van der Waals surface area contributed by atoms with Crippen LogP contribution >= 0.6 is 0 Å². The normalized spacial score (nSPS) is 31.2. The number of esters is 1. The van der Waals surface area contributed by atoms with E-state index in [1.165, 1.54) is 0 Å². The van der Waals surface area contributed by atoms with Crippen molar-refractivity contribution >= 4 is 5.97 Å². The van der Waals surface area contributed by atoms with Crippen molar-refractivity contribution in [2.45, 2.75) is 58.2 Å². The molecule has 6 heteroatoms. The minimum atomic E-state index is -4.55. The second-order valence-corrected chi connectivity index (χ2v) is 6.78. The van der Waals surface area contributed by atoms with Crippen molar-refractivity contribution in [3.05, 3.63) is 0 Å². The van der Waals surface area contributed by atoms with E-state index in [1.807, 2.05) is 0 Å². The highest BCUT2D eigenvalue weighted by atomic mass is 19.4. The van der Waals surface area contributed by atoms with Gasteiger partial charge in [-0.15, -0.1) is 0 Å². The minimum absolute atomic E-state index is 0.194. The summed E-state index contributed by atoms with van der Waals surface area (Å²) in [5.74, 6) is -1.10. The standard InChI is InChI=1S/C14H22F3NO2/c1-12(2)5-3-10(4-6-12)20-11(19)13(14(15,16)17)7-8-18-9-13/h10,18H,3-9H2,1-2H3. The molecule has 1 unspecified atom stereocenters. The number of hydrogen-bond acceptors (Lipinski definition) is 3. The molecule has 2 aliphatic rings. The topological polar surface area (TPSA) is 38.3 Å². The highest BCUT2D eigenvalue weighted by molar-refractivity contribution is 5.79. The molecule has 20 heavy (non-hydrogen) atoms. The van der Waals surface area contributed by atoms with Crippen LogP contribution in [0.25, 0.3) is 0 Å². The first-order valence-electron chi connectivity index (χ1n) is 7.15. The predicted molar refractivity (Wildman–Crippen MR) is 68.1 cm³/mol. The van der Waals surface area contributed by atoms with Crippen molar-refractivity contribution in [3.8, 4) is 0 Å². The molecule has 1 saturated heterocycles. The number of ether oxygens (including phenoxy) is 1. The van der Waals surface area contributed by atoms with Crippen LogP contribution in [0.4, 0.5) is 13.2 Å². The molecule has 1 heterocycles. The molecule has 0 bridgehead atoms. The van der Waals surface area contributed by atoms with E-state index in [1.54, 1.807) is 0 Å². The summed E-state index contributed by atoms with van der Waals surface area (Å²) < 4.78 is 44.8. The van der Waals surface area contributed by atoms with E-state index >= 15 is 0 Å². The highest BCUT2D eigenvalue weighted by Gasteiger charge is 2.63. The van der Waals surface area contributed by atoms with Gasteiger partial charge in [0.15, 0.2) is 5.41 Å². The zero-order valence-corrected chi connectivity index (χ0v) is 12.0. The Morgan fingerprint density at radius 3 is 2.25 bits per heavy atom. The van der Waals surface area contributed by atoms with Crippen molar-refractivity contribution in [2.24, 2.45) is 10.8 Å². The van der Waals surface area contributed by atoms with Crippen LogP contribution in [-0.4, -0.2) is 31.3 Å². The molecule has 1 saturated carbocycles. The molecule has 2 fully saturated rings. The number of alkyl halides is 3. The van der Waals surface area contributed by atoms with Gasteiger partial charge in [0.05, 0.1) is 0 Å². The third kappa shape index (κ3) is 2.95. The van der Waals surface area contributed by atoms with Crippen LogP contribution in [0, 0.1) is 10.8 Å². The summed E-state index contributed by atoms with van der Waals surface area (Å²) in [7, 11) is 0. The SMILES string of the molecule is CC1(C)CCC(OC(=O)C2(C(F)(F)F)CCNC2)CC1. The maximum atomic E-state index is 13.2.